The largest absolute Gasteiger partial charge is 0.493 e. The molecule has 2 aliphatic rings. The number of ether oxygens (including phenoxy) is 3. The van der Waals surface area contributed by atoms with Crippen LogP contribution in [0.4, 0.5) is 0 Å². The Morgan fingerprint density at radius 1 is 1.23 bits per heavy atom. The fourth-order valence-electron chi connectivity index (χ4n) is 2.79. The molecule has 1 amide bonds. The molecule has 1 fully saturated rings. The summed E-state index contributed by atoms with van der Waals surface area (Å²) in [7, 11) is 3.17. The molecule has 22 heavy (non-hydrogen) atoms. The Balaban J connectivity index is 1.71. The molecule has 6 nitrogen and oxygen atoms in total. The van der Waals surface area contributed by atoms with Gasteiger partial charge in [-0.2, -0.15) is 0 Å². The Bertz CT molecular complexity index is 652. The lowest BCUT2D eigenvalue weighted by Gasteiger charge is -2.17. The first-order valence-corrected chi connectivity index (χ1v) is 7.06. The molecule has 1 saturated heterocycles. The first kappa shape index (κ1) is 14.4. The molecular formula is C16H17NO5. The number of esters is 1. The predicted octanol–water partition coefficient (Wildman–Crippen LogP) is 1.29. The highest BCUT2D eigenvalue weighted by Crippen LogP contribution is 2.31. The molecule has 0 N–H and O–H groups in total. The highest BCUT2D eigenvalue weighted by Gasteiger charge is 2.41. The molecule has 0 aliphatic carbocycles. The zero-order chi connectivity index (χ0) is 15.7. The Hall–Kier alpha value is -2.50. The highest BCUT2D eigenvalue weighted by atomic mass is 16.5. The van der Waals surface area contributed by atoms with Gasteiger partial charge in [-0.15, -0.1) is 0 Å². The summed E-state index contributed by atoms with van der Waals surface area (Å²) in [6.45, 7) is 0.507. The number of nitrogens with zero attached hydrogens (tertiary/aromatic N) is 1. The van der Waals surface area contributed by atoms with Gasteiger partial charge in [-0.3, -0.25) is 4.79 Å². The molecule has 2 aliphatic heterocycles. The SMILES string of the molecule is COc1ccc(CCN2C(=O)C[C@@H]3OC(=O)C=C32)cc1OC. The number of likely N-dealkylation sites (tertiary alicyclic amines) is 1. The number of benzene rings is 1. The number of hydrogen-bond acceptors (Lipinski definition) is 5. The topological polar surface area (TPSA) is 65.1 Å². The lowest BCUT2D eigenvalue weighted by Crippen LogP contribution is -2.26. The number of rotatable bonds is 5. The van der Waals surface area contributed by atoms with E-state index in [2.05, 4.69) is 0 Å². The summed E-state index contributed by atoms with van der Waals surface area (Å²) in [5.41, 5.74) is 1.70. The highest BCUT2D eigenvalue weighted by molar-refractivity contribution is 5.92. The number of hydrogen-bond donors (Lipinski definition) is 0. The second kappa shape index (κ2) is 5.71. The summed E-state index contributed by atoms with van der Waals surface area (Å²) in [6, 6.07) is 5.66. The van der Waals surface area contributed by atoms with Crippen molar-refractivity contribution >= 4 is 11.9 Å². The lowest BCUT2D eigenvalue weighted by atomic mass is 10.1. The van der Waals surface area contributed by atoms with E-state index in [1.807, 2.05) is 18.2 Å². The number of carbonyl (C=O) groups is 2. The average molecular weight is 303 g/mol. The van der Waals surface area contributed by atoms with Gasteiger partial charge in [-0.05, 0) is 24.1 Å². The monoisotopic (exact) mass is 303 g/mol. The van der Waals surface area contributed by atoms with Crippen LogP contribution < -0.4 is 9.47 Å². The predicted molar refractivity (Wildman–Crippen MR) is 77.5 cm³/mol. The van der Waals surface area contributed by atoms with Gasteiger partial charge in [-0.25, -0.2) is 4.79 Å². The van der Waals surface area contributed by atoms with Gasteiger partial charge in [0.2, 0.25) is 5.91 Å². The molecule has 1 aromatic carbocycles. The van der Waals surface area contributed by atoms with Crippen molar-refractivity contribution in [2.75, 3.05) is 20.8 Å². The normalized spacial score (nSPS) is 19.8. The summed E-state index contributed by atoms with van der Waals surface area (Å²) in [5.74, 6) is 0.943. The lowest BCUT2D eigenvalue weighted by molar-refractivity contribution is -0.139. The van der Waals surface area contributed by atoms with Gasteiger partial charge in [0.05, 0.1) is 26.3 Å². The van der Waals surface area contributed by atoms with Crippen LogP contribution in [0.25, 0.3) is 0 Å². The van der Waals surface area contributed by atoms with Gasteiger partial charge < -0.3 is 19.1 Å². The van der Waals surface area contributed by atoms with Crippen LogP contribution in [-0.4, -0.2) is 43.6 Å². The molecule has 3 rings (SSSR count). The molecule has 0 unspecified atom stereocenters. The molecule has 0 bridgehead atoms. The van der Waals surface area contributed by atoms with Gasteiger partial charge in [0.1, 0.15) is 0 Å². The summed E-state index contributed by atoms with van der Waals surface area (Å²) in [5, 5.41) is 0. The van der Waals surface area contributed by atoms with Gasteiger partial charge in [0, 0.05) is 12.6 Å². The number of methoxy groups -OCH3 is 2. The van der Waals surface area contributed by atoms with Crippen LogP contribution in [0.5, 0.6) is 11.5 Å². The van der Waals surface area contributed by atoms with E-state index < -0.39 is 6.10 Å². The fraction of sp³-hybridized carbons (Fsp3) is 0.375. The Morgan fingerprint density at radius 3 is 2.73 bits per heavy atom. The zero-order valence-corrected chi connectivity index (χ0v) is 12.5. The third kappa shape index (κ3) is 2.52. The van der Waals surface area contributed by atoms with Gasteiger partial charge >= 0.3 is 5.97 Å². The first-order chi connectivity index (χ1) is 10.6. The third-order valence-electron chi connectivity index (χ3n) is 3.90. The van der Waals surface area contributed by atoms with Gasteiger partial charge in [0.15, 0.2) is 17.6 Å². The van der Waals surface area contributed by atoms with Crippen molar-refractivity contribution in [1.29, 1.82) is 0 Å². The fourth-order valence-corrected chi connectivity index (χ4v) is 2.79. The summed E-state index contributed by atoms with van der Waals surface area (Å²) in [6.07, 6.45) is 1.91. The van der Waals surface area contributed by atoms with Crippen LogP contribution >= 0.6 is 0 Å². The van der Waals surface area contributed by atoms with E-state index in [1.165, 1.54) is 6.08 Å². The van der Waals surface area contributed by atoms with Crippen LogP contribution in [0.15, 0.2) is 30.0 Å². The Kier molecular flexibility index (Phi) is 3.75. The minimum absolute atomic E-state index is 0.00998. The second-order valence-corrected chi connectivity index (χ2v) is 5.18. The molecule has 116 valence electrons. The van der Waals surface area contributed by atoms with Crippen molar-refractivity contribution < 1.29 is 23.8 Å². The second-order valence-electron chi connectivity index (χ2n) is 5.18. The van der Waals surface area contributed by atoms with Crippen molar-refractivity contribution in [2.24, 2.45) is 0 Å². The van der Waals surface area contributed by atoms with E-state index in [1.54, 1.807) is 19.1 Å². The number of amides is 1. The van der Waals surface area contributed by atoms with Crippen molar-refractivity contribution in [3.63, 3.8) is 0 Å². The van der Waals surface area contributed by atoms with E-state index in [0.29, 0.717) is 30.2 Å². The first-order valence-electron chi connectivity index (χ1n) is 7.06. The van der Waals surface area contributed by atoms with Crippen LogP contribution in [0.3, 0.4) is 0 Å². The quantitative estimate of drug-likeness (QED) is 0.767. The van der Waals surface area contributed by atoms with E-state index in [0.717, 1.165) is 5.56 Å². The van der Waals surface area contributed by atoms with E-state index in [-0.39, 0.29) is 18.3 Å². The molecule has 6 heteroatoms. The maximum absolute atomic E-state index is 12.0. The maximum Gasteiger partial charge on any atom is 0.333 e. The standard InChI is InChI=1S/C16H17NO5/c1-20-12-4-3-10(7-14(12)21-2)5-6-17-11-8-16(19)22-13(11)9-15(17)18/h3-4,7-8,13H,5-6,9H2,1-2H3/t13-/m0/s1. The average Bonchev–Trinajstić information content (AvgIpc) is 3.00. The molecular weight excluding hydrogens is 286 g/mol. The molecule has 0 spiro atoms. The van der Waals surface area contributed by atoms with Crippen LogP contribution in [0.2, 0.25) is 0 Å². The minimum Gasteiger partial charge on any atom is -0.493 e. The number of fused-ring (bicyclic) bond motifs is 1. The maximum atomic E-state index is 12.0. The molecule has 1 aromatic rings. The van der Waals surface area contributed by atoms with Gasteiger partial charge in [0.25, 0.3) is 0 Å². The van der Waals surface area contributed by atoms with Crippen molar-refractivity contribution in [3.8, 4) is 11.5 Å². The molecule has 0 radical (unpaired) electrons. The molecule has 0 aromatic heterocycles. The molecule has 2 heterocycles. The smallest absolute Gasteiger partial charge is 0.333 e. The van der Waals surface area contributed by atoms with E-state index >= 15 is 0 Å². The minimum atomic E-state index is -0.398. The number of carbonyl (C=O) groups excluding carboxylic acids is 2. The summed E-state index contributed by atoms with van der Waals surface area (Å²) < 4.78 is 15.5. The van der Waals surface area contributed by atoms with E-state index in [9.17, 15) is 9.59 Å². The van der Waals surface area contributed by atoms with Crippen LogP contribution in [0, 0.1) is 0 Å². The van der Waals surface area contributed by atoms with Crippen LogP contribution in [0.1, 0.15) is 12.0 Å². The van der Waals surface area contributed by atoms with E-state index in [4.69, 9.17) is 14.2 Å². The Morgan fingerprint density at radius 2 is 2.00 bits per heavy atom. The van der Waals surface area contributed by atoms with Gasteiger partial charge in [-0.1, -0.05) is 6.07 Å². The molecule has 1 atom stereocenters. The van der Waals surface area contributed by atoms with Crippen molar-refractivity contribution in [2.45, 2.75) is 18.9 Å². The molecule has 0 saturated carbocycles. The summed E-state index contributed by atoms with van der Waals surface area (Å²) in [4.78, 5) is 24.9. The van der Waals surface area contributed by atoms with Crippen molar-refractivity contribution in [1.82, 2.24) is 4.90 Å². The van der Waals surface area contributed by atoms with Crippen molar-refractivity contribution in [3.05, 3.63) is 35.5 Å². The third-order valence-corrected chi connectivity index (χ3v) is 3.90. The summed E-state index contributed by atoms with van der Waals surface area (Å²) >= 11 is 0. The zero-order valence-electron chi connectivity index (χ0n) is 12.5. The Labute approximate surface area is 128 Å². The van der Waals surface area contributed by atoms with Crippen LogP contribution in [-0.2, 0) is 20.7 Å².